The van der Waals surface area contributed by atoms with Gasteiger partial charge in [0.2, 0.25) is 0 Å². The van der Waals surface area contributed by atoms with Gasteiger partial charge in [0.05, 0.1) is 6.54 Å². The molecule has 1 aliphatic carbocycles. The molecule has 2 N–H and O–H groups in total. The largest absolute Gasteiger partial charge is 0.372 e. The molecule has 1 unspecified atom stereocenters. The van der Waals surface area contributed by atoms with Gasteiger partial charge in [-0.15, -0.1) is 6.42 Å². The zero-order chi connectivity index (χ0) is 12.0. The molecule has 0 heterocycles. The van der Waals surface area contributed by atoms with Crippen LogP contribution in [0.15, 0.2) is 36.0 Å². The van der Waals surface area contributed by atoms with Crippen molar-refractivity contribution in [1.29, 1.82) is 0 Å². The maximum absolute atomic E-state index is 10.5. The Labute approximate surface area is 97.8 Å². The Morgan fingerprint density at radius 1 is 1.69 bits per heavy atom. The highest BCUT2D eigenvalue weighted by molar-refractivity contribution is 5.44. The van der Waals surface area contributed by atoms with Crippen molar-refractivity contribution in [2.75, 3.05) is 6.54 Å². The van der Waals surface area contributed by atoms with Crippen LogP contribution in [0.3, 0.4) is 0 Å². The van der Waals surface area contributed by atoms with E-state index in [9.17, 15) is 5.11 Å². The summed E-state index contributed by atoms with van der Waals surface area (Å²) < 4.78 is 0. The van der Waals surface area contributed by atoms with Crippen LogP contribution in [0, 0.1) is 12.3 Å². The van der Waals surface area contributed by atoms with Crippen LogP contribution in [0.2, 0.25) is 0 Å². The summed E-state index contributed by atoms with van der Waals surface area (Å²) in [6.07, 6.45) is 13.4. The van der Waals surface area contributed by atoms with E-state index in [2.05, 4.69) is 24.7 Å². The quantitative estimate of drug-likeness (QED) is 0.558. The van der Waals surface area contributed by atoms with E-state index in [1.165, 1.54) is 0 Å². The maximum atomic E-state index is 10.5. The summed E-state index contributed by atoms with van der Waals surface area (Å²) in [4.78, 5) is 0. The van der Waals surface area contributed by atoms with Crippen molar-refractivity contribution in [1.82, 2.24) is 5.32 Å². The average molecular weight is 217 g/mol. The van der Waals surface area contributed by atoms with Crippen molar-refractivity contribution in [3.63, 3.8) is 0 Å². The zero-order valence-corrected chi connectivity index (χ0v) is 9.79. The second-order valence-corrected chi connectivity index (χ2v) is 3.87. The Hall–Kier alpha value is -1.30. The molecule has 1 atom stereocenters. The summed E-state index contributed by atoms with van der Waals surface area (Å²) in [5, 5.41) is 13.5. The first-order chi connectivity index (χ1) is 7.68. The number of hydrogen-bond donors (Lipinski definition) is 2. The molecule has 1 fully saturated rings. The highest BCUT2D eigenvalue weighted by Crippen LogP contribution is 2.37. The fourth-order valence-corrected chi connectivity index (χ4v) is 2.05. The molecule has 0 bridgehead atoms. The molecule has 2 heteroatoms. The summed E-state index contributed by atoms with van der Waals surface area (Å²) in [6, 6.07) is 0. The molecule has 1 rings (SSSR count). The highest BCUT2D eigenvalue weighted by Gasteiger charge is 2.37. The van der Waals surface area contributed by atoms with E-state index in [-0.39, 0.29) is 0 Å². The van der Waals surface area contributed by atoms with Crippen LogP contribution < -0.4 is 5.32 Å². The van der Waals surface area contributed by atoms with Crippen LogP contribution in [0.1, 0.15) is 26.2 Å². The van der Waals surface area contributed by atoms with Crippen molar-refractivity contribution in [2.45, 2.75) is 31.9 Å². The number of hydrogen-bond acceptors (Lipinski definition) is 2. The monoisotopic (exact) mass is 217 g/mol. The third-order valence-electron chi connectivity index (χ3n) is 2.76. The summed E-state index contributed by atoms with van der Waals surface area (Å²) in [6.45, 7) is 6.12. The van der Waals surface area contributed by atoms with Crippen LogP contribution in [-0.2, 0) is 0 Å². The summed E-state index contributed by atoms with van der Waals surface area (Å²) >= 11 is 0. The summed E-state index contributed by atoms with van der Waals surface area (Å²) in [5.41, 5.74) is 1.13. The SMILES string of the molecule is C#CCNC1(O)CCC(=C/C=C)/C1=C\CC. The average Bonchev–Trinajstić information content (AvgIpc) is 2.57. The first-order valence-corrected chi connectivity index (χ1v) is 5.61. The minimum Gasteiger partial charge on any atom is -0.372 e. The van der Waals surface area contributed by atoms with E-state index in [1.54, 1.807) is 6.08 Å². The van der Waals surface area contributed by atoms with Crippen molar-refractivity contribution in [3.8, 4) is 12.3 Å². The molecule has 0 aromatic heterocycles. The van der Waals surface area contributed by atoms with E-state index >= 15 is 0 Å². The van der Waals surface area contributed by atoms with Gasteiger partial charge in [-0.3, -0.25) is 5.32 Å². The normalized spacial score (nSPS) is 29.6. The second-order valence-electron chi connectivity index (χ2n) is 3.87. The van der Waals surface area contributed by atoms with Gasteiger partial charge in [0.25, 0.3) is 0 Å². The van der Waals surface area contributed by atoms with E-state index in [0.29, 0.717) is 13.0 Å². The van der Waals surface area contributed by atoms with Crippen LogP contribution in [-0.4, -0.2) is 17.4 Å². The number of nitrogens with one attached hydrogen (secondary N) is 1. The summed E-state index contributed by atoms with van der Waals surface area (Å²) in [5.74, 6) is 2.49. The Morgan fingerprint density at radius 3 is 3.00 bits per heavy atom. The molecule has 0 aromatic rings. The standard InChI is InChI=1S/C14H19NO/c1-4-7-12-9-10-14(16,15-11-6-3)13(12)8-5-2/h3-4,7-8,15-16H,1,5,9-11H2,2H3/b12-7-,13-8+. The van der Waals surface area contributed by atoms with E-state index in [1.807, 2.05) is 12.2 Å². The van der Waals surface area contributed by atoms with Gasteiger partial charge < -0.3 is 5.11 Å². The fraction of sp³-hybridized carbons (Fsp3) is 0.429. The molecule has 0 aromatic carbocycles. The molecule has 2 nitrogen and oxygen atoms in total. The molecular formula is C14H19NO. The Balaban J connectivity index is 2.96. The Kier molecular flexibility index (Phi) is 4.54. The second kappa shape index (κ2) is 5.69. The Morgan fingerprint density at radius 2 is 2.44 bits per heavy atom. The lowest BCUT2D eigenvalue weighted by Gasteiger charge is -2.25. The van der Waals surface area contributed by atoms with Gasteiger partial charge in [0.15, 0.2) is 0 Å². The number of rotatable bonds is 4. The first-order valence-electron chi connectivity index (χ1n) is 5.61. The predicted octanol–water partition coefficient (Wildman–Crippen LogP) is 2.14. The van der Waals surface area contributed by atoms with Crippen molar-refractivity contribution in [2.24, 2.45) is 0 Å². The lowest BCUT2D eigenvalue weighted by Crippen LogP contribution is -2.44. The molecule has 16 heavy (non-hydrogen) atoms. The van der Waals surface area contributed by atoms with Gasteiger partial charge in [-0.05, 0) is 30.4 Å². The van der Waals surface area contributed by atoms with Gasteiger partial charge in [-0.25, -0.2) is 0 Å². The molecule has 0 spiro atoms. The lowest BCUT2D eigenvalue weighted by atomic mass is 10.0. The van der Waals surface area contributed by atoms with Crippen molar-refractivity contribution in [3.05, 3.63) is 36.0 Å². The third kappa shape index (κ3) is 2.63. The third-order valence-corrected chi connectivity index (χ3v) is 2.76. The van der Waals surface area contributed by atoms with E-state index in [0.717, 1.165) is 24.0 Å². The van der Waals surface area contributed by atoms with Gasteiger partial charge in [-0.2, -0.15) is 0 Å². The minimum absolute atomic E-state index is 0.374. The topological polar surface area (TPSA) is 32.3 Å². The molecule has 0 aliphatic heterocycles. The highest BCUT2D eigenvalue weighted by atomic mass is 16.3. The van der Waals surface area contributed by atoms with Gasteiger partial charge in [0.1, 0.15) is 5.72 Å². The Bertz CT molecular complexity index is 359. The molecule has 0 radical (unpaired) electrons. The molecular weight excluding hydrogens is 198 g/mol. The van der Waals surface area contributed by atoms with Crippen molar-refractivity contribution >= 4 is 0 Å². The summed E-state index contributed by atoms with van der Waals surface area (Å²) in [7, 11) is 0. The maximum Gasteiger partial charge on any atom is 0.143 e. The van der Waals surface area contributed by atoms with Crippen LogP contribution in [0.4, 0.5) is 0 Å². The predicted molar refractivity (Wildman–Crippen MR) is 67.7 cm³/mol. The number of aliphatic hydroxyl groups is 1. The van der Waals surface area contributed by atoms with Crippen LogP contribution in [0.5, 0.6) is 0 Å². The molecule has 86 valence electrons. The smallest absolute Gasteiger partial charge is 0.143 e. The number of terminal acetylenes is 1. The first kappa shape index (κ1) is 12.8. The molecule has 0 saturated heterocycles. The van der Waals surface area contributed by atoms with E-state index in [4.69, 9.17) is 6.42 Å². The van der Waals surface area contributed by atoms with Crippen LogP contribution in [0.25, 0.3) is 0 Å². The fourth-order valence-electron chi connectivity index (χ4n) is 2.05. The number of allylic oxidation sites excluding steroid dienone is 3. The van der Waals surface area contributed by atoms with Crippen LogP contribution >= 0.6 is 0 Å². The lowest BCUT2D eigenvalue weighted by molar-refractivity contribution is 0.0535. The van der Waals surface area contributed by atoms with E-state index < -0.39 is 5.72 Å². The van der Waals surface area contributed by atoms with Gasteiger partial charge in [-0.1, -0.05) is 37.7 Å². The molecule has 0 amide bonds. The minimum atomic E-state index is -0.961. The molecule has 1 aliphatic rings. The molecule has 1 saturated carbocycles. The zero-order valence-electron chi connectivity index (χ0n) is 9.79. The van der Waals surface area contributed by atoms with Gasteiger partial charge >= 0.3 is 0 Å². The van der Waals surface area contributed by atoms with Gasteiger partial charge in [0, 0.05) is 0 Å². The van der Waals surface area contributed by atoms with Crippen molar-refractivity contribution < 1.29 is 5.11 Å².